The van der Waals surface area contributed by atoms with Crippen LogP contribution in [0.1, 0.15) is 25.3 Å². The van der Waals surface area contributed by atoms with E-state index in [0.29, 0.717) is 5.92 Å². The van der Waals surface area contributed by atoms with Gasteiger partial charge in [0, 0.05) is 13.1 Å². The van der Waals surface area contributed by atoms with E-state index in [2.05, 4.69) is 61.3 Å². The molecule has 1 aromatic heterocycles. The number of fused-ring (bicyclic) bond motifs is 1. The minimum atomic E-state index is 0.557. The molecule has 0 aliphatic heterocycles. The van der Waals surface area contributed by atoms with Crippen LogP contribution in [0.15, 0.2) is 18.2 Å². The van der Waals surface area contributed by atoms with Gasteiger partial charge in [0.2, 0.25) is 0 Å². The average molecular weight is 263 g/mol. The quantitative estimate of drug-likeness (QED) is 0.896. The third-order valence-electron chi connectivity index (χ3n) is 2.91. The number of benzene rings is 1. The topological polar surface area (TPSA) is 28.2 Å². The highest BCUT2D eigenvalue weighted by atomic mass is 32.1. The van der Waals surface area contributed by atoms with Crippen molar-refractivity contribution < 1.29 is 0 Å². The highest BCUT2D eigenvalue weighted by Crippen LogP contribution is 2.28. The molecule has 0 amide bonds. The Labute approximate surface area is 113 Å². The lowest BCUT2D eigenvalue weighted by molar-refractivity contribution is 0.425. The maximum Gasteiger partial charge on any atom is 0.183 e. The van der Waals surface area contributed by atoms with Crippen molar-refractivity contribution in [2.24, 2.45) is 0 Å². The van der Waals surface area contributed by atoms with E-state index in [-0.39, 0.29) is 0 Å². The third kappa shape index (κ3) is 3.21. The van der Waals surface area contributed by atoms with E-state index in [1.165, 1.54) is 10.3 Å². The summed E-state index contributed by atoms with van der Waals surface area (Å²) in [6.07, 6.45) is 0. The van der Waals surface area contributed by atoms with E-state index in [1.54, 1.807) is 11.3 Å². The largest absolute Gasteiger partial charge is 0.360 e. The van der Waals surface area contributed by atoms with E-state index < -0.39 is 0 Å². The van der Waals surface area contributed by atoms with Crippen LogP contribution in [0.4, 0.5) is 5.13 Å². The highest BCUT2D eigenvalue weighted by Gasteiger charge is 2.06. The Hall–Kier alpha value is -1.13. The molecule has 3 nitrogen and oxygen atoms in total. The van der Waals surface area contributed by atoms with Gasteiger partial charge in [-0.15, -0.1) is 0 Å². The van der Waals surface area contributed by atoms with Gasteiger partial charge in [0.05, 0.1) is 10.2 Å². The first-order valence-corrected chi connectivity index (χ1v) is 7.17. The number of hydrogen-bond acceptors (Lipinski definition) is 4. The molecule has 2 rings (SSSR count). The van der Waals surface area contributed by atoms with Crippen LogP contribution in [0.5, 0.6) is 0 Å². The summed E-state index contributed by atoms with van der Waals surface area (Å²) in [5.74, 6) is 0.557. The van der Waals surface area contributed by atoms with Gasteiger partial charge in [-0.25, -0.2) is 4.98 Å². The van der Waals surface area contributed by atoms with Crippen molar-refractivity contribution in [3.63, 3.8) is 0 Å². The molecule has 98 valence electrons. The van der Waals surface area contributed by atoms with Crippen LogP contribution in [0, 0.1) is 0 Å². The van der Waals surface area contributed by atoms with Gasteiger partial charge in [0.1, 0.15) is 0 Å². The molecular formula is C14H21N3S. The van der Waals surface area contributed by atoms with Gasteiger partial charge in [-0.1, -0.05) is 31.3 Å². The smallest absolute Gasteiger partial charge is 0.183 e. The van der Waals surface area contributed by atoms with Crippen LogP contribution in [0.3, 0.4) is 0 Å². The summed E-state index contributed by atoms with van der Waals surface area (Å²) < 4.78 is 1.26. The zero-order valence-electron chi connectivity index (χ0n) is 11.5. The Morgan fingerprint density at radius 2 is 2.11 bits per heavy atom. The number of thiazole rings is 1. The second-order valence-corrected chi connectivity index (χ2v) is 6.16. The molecular weight excluding hydrogens is 242 g/mol. The lowest BCUT2D eigenvalue weighted by Gasteiger charge is -2.08. The van der Waals surface area contributed by atoms with Gasteiger partial charge >= 0.3 is 0 Å². The van der Waals surface area contributed by atoms with Gasteiger partial charge in [0.25, 0.3) is 0 Å². The second-order valence-electron chi connectivity index (χ2n) is 5.13. The molecule has 0 saturated heterocycles. The minimum absolute atomic E-state index is 0.557. The molecule has 4 heteroatoms. The molecule has 0 aliphatic rings. The molecule has 2 aromatic rings. The molecule has 0 unspecified atom stereocenters. The molecule has 0 fully saturated rings. The van der Waals surface area contributed by atoms with Gasteiger partial charge in [-0.05, 0) is 37.7 Å². The summed E-state index contributed by atoms with van der Waals surface area (Å²) in [5.41, 5.74) is 2.46. The van der Waals surface area contributed by atoms with Crippen molar-refractivity contribution in [3.05, 3.63) is 23.8 Å². The molecule has 0 saturated carbocycles. The average Bonchev–Trinajstić information content (AvgIpc) is 2.69. The number of rotatable bonds is 5. The number of anilines is 1. The third-order valence-corrected chi connectivity index (χ3v) is 3.91. The first kappa shape index (κ1) is 13.3. The monoisotopic (exact) mass is 263 g/mol. The van der Waals surface area contributed by atoms with E-state index >= 15 is 0 Å². The summed E-state index contributed by atoms with van der Waals surface area (Å²) in [6.45, 7) is 6.38. The second kappa shape index (κ2) is 5.67. The van der Waals surface area contributed by atoms with E-state index in [9.17, 15) is 0 Å². The summed E-state index contributed by atoms with van der Waals surface area (Å²) in [7, 11) is 4.16. The Bertz CT molecular complexity index is 517. The molecule has 1 heterocycles. The van der Waals surface area contributed by atoms with E-state index in [4.69, 9.17) is 0 Å². The zero-order chi connectivity index (χ0) is 13.1. The van der Waals surface area contributed by atoms with Crippen LogP contribution in [0.25, 0.3) is 10.2 Å². The molecule has 0 aliphatic carbocycles. The Morgan fingerprint density at radius 1 is 1.33 bits per heavy atom. The number of nitrogens with one attached hydrogen (secondary N) is 1. The fourth-order valence-electron chi connectivity index (χ4n) is 1.77. The van der Waals surface area contributed by atoms with Crippen LogP contribution in [-0.2, 0) is 0 Å². The summed E-state index contributed by atoms with van der Waals surface area (Å²) in [5, 5.41) is 4.40. The fraction of sp³-hybridized carbons (Fsp3) is 0.500. The molecule has 18 heavy (non-hydrogen) atoms. The minimum Gasteiger partial charge on any atom is -0.360 e. The maximum absolute atomic E-state index is 4.64. The molecule has 0 bridgehead atoms. The predicted molar refractivity (Wildman–Crippen MR) is 80.8 cm³/mol. The van der Waals surface area contributed by atoms with Gasteiger partial charge in [-0.3, -0.25) is 0 Å². The van der Waals surface area contributed by atoms with Gasteiger partial charge in [-0.2, -0.15) is 0 Å². The SMILES string of the molecule is CC(C)c1ccc2sc(NCCN(C)C)nc2c1. The first-order valence-electron chi connectivity index (χ1n) is 6.35. The van der Waals surface area contributed by atoms with Crippen molar-refractivity contribution in [3.8, 4) is 0 Å². The lowest BCUT2D eigenvalue weighted by atomic mass is 10.0. The first-order chi connectivity index (χ1) is 8.56. The van der Waals surface area contributed by atoms with Crippen LogP contribution < -0.4 is 5.32 Å². The summed E-state index contributed by atoms with van der Waals surface area (Å²) >= 11 is 1.73. The molecule has 1 N–H and O–H groups in total. The number of hydrogen-bond donors (Lipinski definition) is 1. The molecule has 0 spiro atoms. The van der Waals surface area contributed by atoms with Gasteiger partial charge < -0.3 is 10.2 Å². The van der Waals surface area contributed by atoms with Crippen molar-refractivity contribution in [1.29, 1.82) is 0 Å². The van der Waals surface area contributed by atoms with Crippen LogP contribution in [-0.4, -0.2) is 37.1 Å². The van der Waals surface area contributed by atoms with Crippen LogP contribution >= 0.6 is 11.3 Å². The Balaban J connectivity index is 2.12. The van der Waals surface area contributed by atoms with E-state index in [1.807, 2.05) is 0 Å². The zero-order valence-corrected chi connectivity index (χ0v) is 12.3. The van der Waals surface area contributed by atoms with Crippen molar-refractivity contribution in [2.45, 2.75) is 19.8 Å². The lowest BCUT2D eigenvalue weighted by Crippen LogP contribution is -2.20. The van der Waals surface area contributed by atoms with Gasteiger partial charge in [0.15, 0.2) is 5.13 Å². The standard InChI is InChI=1S/C14H21N3S/c1-10(2)11-5-6-13-12(9-11)16-14(18-13)15-7-8-17(3)4/h5-6,9-10H,7-8H2,1-4H3,(H,15,16). The van der Waals surface area contributed by atoms with Crippen LogP contribution in [0.2, 0.25) is 0 Å². The number of nitrogens with zero attached hydrogens (tertiary/aromatic N) is 2. The summed E-state index contributed by atoms with van der Waals surface area (Å²) in [6, 6.07) is 6.59. The van der Waals surface area contributed by atoms with E-state index in [0.717, 1.165) is 23.7 Å². The molecule has 1 aromatic carbocycles. The van der Waals surface area contributed by atoms with Crippen molar-refractivity contribution >= 4 is 26.7 Å². The predicted octanol–water partition coefficient (Wildman–Crippen LogP) is 3.39. The Morgan fingerprint density at radius 3 is 2.78 bits per heavy atom. The highest BCUT2D eigenvalue weighted by molar-refractivity contribution is 7.22. The fourth-order valence-corrected chi connectivity index (χ4v) is 2.64. The molecule has 0 radical (unpaired) electrons. The normalized spacial score (nSPS) is 11.7. The van der Waals surface area contributed by atoms with Crippen molar-refractivity contribution in [2.75, 3.05) is 32.5 Å². The molecule has 0 atom stereocenters. The Kier molecular flexibility index (Phi) is 4.19. The number of likely N-dealkylation sites (N-methyl/N-ethyl adjacent to an activating group) is 1. The van der Waals surface area contributed by atoms with Crippen molar-refractivity contribution in [1.82, 2.24) is 9.88 Å². The summed E-state index contributed by atoms with van der Waals surface area (Å²) in [4.78, 5) is 6.81. The maximum atomic E-state index is 4.64. The number of aromatic nitrogens is 1.